The Morgan fingerprint density at radius 2 is 1.37 bits per heavy atom. The molecule has 0 aliphatic heterocycles. The summed E-state index contributed by atoms with van der Waals surface area (Å²) < 4.78 is 0. The molecule has 3 aromatic carbocycles. The summed E-state index contributed by atoms with van der Waals surface area (Å²) in [5.41, 5.74) is 4.95. The number of alkyl halides is 2. The van der Waals surface area contributed by atoms with E-state index in [4.69, 9.17) is 28.2 Å². The Labute approximate surface area is 217 Å². The zero-order valence-electron chi connectivity index (χ0n) is 19.9. The minimum Gasteiger partial charge on any atom is -0.384 e. The van der Waals surface area contributed by atoms with Crippen LogP contribution in [0.2, 0.25) is 0 Å². The van der Waals surface area contributed by atoms with E-state index in [1.54, 1.807) is 0 Å². The minimum absolute atomic E-state index is 0.192. The summed E-state index contributed by atoms with van der Waals surface area (Å²) in [6, 6.07) is 24.3. The summed E-state index contributed by atoms with van der Waals surface area (Å²) in [7, 11) is 0. The third kappa shape index (κ3) is 6.45. The van der Waals surface area contributed by atoms with Crippen LogP contribution >= 0.6 is 23.2 Å². The monoisotopic (exact) mass is 507 g/mol. The van der Waals surface area contributed by atoms with E-state index in [1.807, 2.05) is 36.4 Å². The summed E-state index contributed by atoms with van der Waals surface area (Å²) in [5.74, 6) is 1.27. The Balaban J connectivity index is 1.27. The summed E-state index contributed by atoms with van der Waals surface area (Å²) in [6.45, 7) is 2.33. The van der Waals surface area contributed by atoms with E-state index in [-0.39, 0.29) is 5.78 Å². The number of halogens is 2. The van der Waals surface area contributed by atoms with Crippen molar-refractivity contribution in [3.63, 3.8) is 0 Å². The number of pyridine rings is 1. The number of hydrogen-bond donors (Lipinski definition) is 1. The standard InChI is InChI=1S/C29H31Cl2N3O/c30-17-20-34(21-18-31)23-15-13-22(14-16-23)28(35)12-2-1-7-19-32-29-24-8-3-5-10-26(24)33-27-11-6-4-9-25(27)29/h3-6,8-11,13-16H,1-2,7,12,17-21H2,(H,32,33). The number of carbonyl (C=O) groups is 1. The van der Waals surface area contributed by atoms with Gasteiger partial charge in [-0.2, -0.15) is 0 Å². The van der Waals surface area contributed by atoms with E-state index in [0.717, 1.165) is 77.6 Å². The van der Waals surface area contributed by atoms with Gasteiger partial charge in [-0.05, 0) is 49.2 Å². The number of hydrogen-bond acceptors (Lipinski definition) is 4. The molecule has 0 bridgehead atoms. The number of nitrogens with one attached hydrogen (secondary N) is 1. The smallest absolute Gasteiger partial charge is 0.162 e. The zero-order chi connectivity index (χ0) is 24.5. The number of carbonyl (C=O) groups excluding carboxylic acids is 1. The lowest BCUT2D eigenvalue weighted by atomic mass is 10.0. The van der Waals surface area contributed by atoms with Gasteiger partial charge in [-0.3, -0.25) is 4.79 Å². The molecule has 35 heavy (non-hydrogen) atoms. The number of aromatic nitrogens is 1. The molecule has 0 saturated carbocycles. The summed E-state index contributed by atoms with van der Waals surface area (Å²) in [4.78, 5) is 19.6. The van der Waals surface area contributed by atoms with Gasteiger partial charge < -0.3 is 10.2 Å². The van der Waals surface area contributed by atoms with Gasteiger partial charge in [0.25, 0.3) is 0 Å². The molecule has 6 heteroatoms. The number of anilines is 2. The van der Waals surface area contributed by atoms with Gasteiger partial charge in [-0.15, -0.1) is 23.2 Å². The lowest BCUT2D eigenvalue weighted by Crippen LogP contribution is -2.27. The van der Waals surface area contributed by atoms with E-state index >= 15 is 0 Å². The van der Waals surface area contributed by atoms with Crippen LogP contribution in [0.5, 0.6) is 0 Å². The van der Waals surface area contributed by atoms with Gasteiger partial charge >= 0.3 is 0 Å². The number of nitrogens with zero attached hydrogens (tertiary/aromatic N) is 2. The quantitative estimate of drug-likeness (QED) is 0.0878. The molecule has 0 amide bonds. The molecule has 1 heterocycles. The highest BCUT2D eigenvalue weighted by Gasteiger charge is 2.10. The van der Waals surface area contributed by atoms with Crippen molar-refractivity contribution >= 4 is 62.2 Å². The number of benzene rings is 3. The molecule has 0 aliphatic rings. The first-order chi connectivity index (χ1) is 17.2. The van der Waals surface area contributed by atoms with Crippen LogP contribution in [0.15, 0.2) is 72.8 Å². The van der Waals surface area contributed by atoms with Gasteiger partial charge in [0.2, 0.25) is 0 Å². The molecule has 1 N–H and O–H groups in total. The number of ketones is 1. The molecule has 182 valence electrons. The molecule has 1 aromatic heterocycles. The second-order valence-corrected chi connectivity index (χ2v) is 9.35. The van der Waals surface area contributed by atoms with Gasteiger partial charge in [-0.1, -0.05) is 42.8 Å². The molecule has 0 saturated heterocycles. The van der Waals surface area contributed by atoms with Crippen molar-refractivity contribution in [1.29, 1.82) is 0 Å². The van der Waals surface area contributed by atoms with E-state index in [1.165, 1.54) is 0 Å². The largest absolute Gasteiger partial charge is 0.384 e. The Morgan fingerprint density at radius 1 is 0.771 bits per heavy atom. The Bertz CT molecular complexity index is 1200. The normalized spacial score (nSPS) is 11.1. The highest BCUT2D eigenvalue weighted by Crippen LogP contribution is 2.30. The Hall–Kier alpha value is -2.82. The van der Waals surface area contributed by atoms with Gasteiger partial charge in [0.15, 0.2) is 5.78 Å². The van der Waals surface area contributed by atoms with Crippen molar-refractivity contribution in [3.8, 4) is 0 Å². The first-order valence-corrected chi connectivity index (χ1v) is 13.3. The maximum atomic E-state index is 12.6. The van der Waals surface area contributed by atoms with Crippen LogP contribution in [-0.4, -0.2) is 42.2 Å². The second-order valence-electron chi connectivity index (χ2n) is 8.59. The third-order valence-corrected chi connectivity index (χ3v) is 6.57. The molecular weight excluding hydrogens is 477 g/mol. The maximum Gasteiger partial charge on any atom is 0.162 e. The van der Waals surface area contributed by atoms with Crippen LogP contribution in [-0.2, 0) is 0 Å². The van der Waals surface area contributed by atoms with Gasteiger partial charge in [0.05, 0.1) is 16.7 Å². The molecule has 0 atom stereocenters. The molecule has 0 aliphatic carbocycles. The Morgan fingerprint density at radius 3 is 1.97 bits per heavy atom. The first-order valence-electron chi connectivity index (χ1n) is 12.2. The van der Waals surface area contributed by atoms with E-state index in [9.17, 15) is 4.79 Å². The summed E-state index contributed by atoms with van der Waals surface area (Å²) >= 11 is 11.8. The molecule has 0 fully saturated rings. The zero-order valence-corrected chi connectivity index (χ0v) is 21.4. The minimum atomic E-state index is 0.192. The number of unbranched alkanes of at least 4 members (excludes halogenated alkanes) is 2. The molecule has 4 aromatic rings. The van der Waals surface area contributed by atoms with Crippen LogP contribution in [0.25, 0.3) is 21.8 Å². The van der Waals surface area contributed by atoms with Crippen molar-refractivity contribution in [3.05, 3.63) is 78.4 Å². The average molecular weight is 508 g/mol. The number of fused-ring (bicyclic) bond motifs is 2. The first kappa shape index (κ1) is 25.3. The third-order valence-electron chi connectivity index (χ3n) is 6.23. The fraction of sp³-hybridized carbons (Fsp3) is 0.310. The fourth-order valence-corrected chi connectivity index (χ4v) is 4.82. The lowest BCUT2D eigenvalue weighted by molar-refractivity contribution is 0.0979. The van der Waals surface area contributed by atoms with E-state index < -0.39 is 0 Å². The number of rotatable bonds is 13. The van der Waals surface area contributed by atoms with Crippen LogP contribution in [0, 0.1) is 0 Å². The molecule has 0 radical (unpaired) electrons. The van der Waals surface area contributed by atoms with Crippen molar-refractivity contribution < 1.29 is 4.79 Å². The van der Waals surface area contributed by atoms with Crippen LogP contribution in [0.1, 0.15) is 36.0 Å². The summed E-state index contributed by atoms with van der Waals surface area (Å²) in [6.07, 6.45) is 3.44. The van der Waals surface area contributed by atoms with Crippen molar-refractivity contribution in [2.24, 2.45) is 0 Å². The highest BCUT2D eigenvalue weighted by atomic mass is 35.5. The average Bonchev–Trinajstić information content (AvgIpc) is 2.90. The molecular formula is C29H31Cl2N3O. The fourth-order valence-electron chi connectivity index (χ4n) is 4.41. The maximum absolute atomic E-state index is 12.6. The van der Waals surface area contributed by atoms with Gasteiger partial charge in [0.1, 0.15) is 0 Å². The summed E-state index contributed by atoms with van der Waals surface area (Å²) in [5, 5.41) is 5.92. The SMILES string of the molecule is O=C(CCCCCNc1c2ccccc2nc2ccccc12)c1ccc(N(CCCl)CCCl)cc1. The van der Waals surface area contributed by atoms with Crippen molar-refractivity contribution in [2.75, 3.05) is 41.6 Å². The predicted octanol–water partition coefficient (Wildman–Crippen LogP) is 7.53. The number of Topliss-reactive ketones (excluding diaryl/α,β-unsaturated/α-hetero) is 1. The molecule has 4 nitrogen and oxygen atoms in total. The van der Waals surface area contributed by atoms with Crippen LogP contribution in [0.3, 0.4) is 0 Å². The van der Waals surface area contributed by atoms with Crippen molar-refractivity contribution in [1.82, 2.24) is 4.98 Å². The van der Waals surface area contributed by atoms with Crippen LogP contribution < -0.4 is 10.2 Å². The molecule has 4 rings (SSSR count). The van der Waals surface area contributed by atoms with Gasteiger partial charge in [-0.25, -0.2) is 4.98 Å². The topological polar surface area (TPSA) is 45.2 Å². The number of para-hydroxylation sites is 2. The molecule has 0 unspecified atom stereocenters. The Kier molecular flexibility index (Phi) is 9.21. The highest BCUT2D eigenvalue weighted by molar-refractivity contribution is 6.18. The van der Waals surface area contributed by atoms with Crippen molar-refractivity contribution in [2.45, 2.75) is 25.7 Å². The predicted molar refractivity (Wildman–Crippen MR) is 151 cm³/mol. The lowest BCUT2D eigenvalue weighted by Gasteiger charge is -2.22. The van der Waals surface area contributed by atoms with Gasteiger partial charge in [0, 0.05) is 59.8 Å². The van der Waals surface area contributed by atoms with E-state index in [2.05, 4.69) is 46.6 Å². The van der Waals surface area contributed by atoms with Crippen LogP contribution in [0.4, 0.5) is 11.4 Å². The second kappa shape index (κ2) is 12.8. The molecule has 0 spiro atoms. The van der Waals surface area contributed by atoms with E-state index in [0.29, 0.717) is 18.2 Å².